The maximum atomic E-state index is 9.35. The lowest BCUT2D eigenvalue weighted by atomic mass is 10.00. The van der Waals surface area contributed by atoms with Crippen LogP contribution in [0.1, 0.15) is 12.2 Å². The van der Waals surface area contributed by atoms with E-state index in [0.717, 1.165) is 48.1 Å². The molecule has 1 aromatic heterocycles. The molecule has 6 nitrogen and oxygen atoms in total. The van der Waals surface area contributed by atoms with Crippen LogP contribution in [0.5, 0.6) is 11.5 Å². The maximum Gasteiger partial charge on any atom is 0.231 e. The highest BCUT2D eigenvalue weighted by atomic mass is 16.7. The first-order chi connectivity index (χ1) is 9.85. The van der Waals surface area contributed by atoms with Crippen LogP contribution in [0.3, 0.4) is 0 Å². The molecule has 2 aromatic rings. The van der Waals surface area contributed by atoms with E-state index >= 15 is 0 Å². The topological polar surface area (TPSA) is 69.4 Å². The Bertz CT molecular complexity index is 653. The van der Waals surface area contributed by atoms with E-state index < -0.39 is 0 Å². The zero-order chi connectivity index (χ0) is 13.5. The van der Waals surface area contributed by atoms with Gasteiger partial charge in [0.15, 0.2) is 17.3 Å². The number of nitrogens with zero attached hydrogens (tertiary/aromatic N) is 3. The molecule has 20 heavy (non-hydrogen) atoms. The summed E-state index contributed by atoms with van der Waals surface area (Å²) in [5.41, 5.74) is 0.964. The molecule has 0 amide bonds. The average Bonchev–Trinajstić information content (AvgIpc) is 3.11. The summed E-state index contributed by atoms with van der Waals surface area (Å²) in [7, 11) is 0. The highest BCUT2D eigenvalue weighted by Gasteiger charge is 2.24. The Morgan fingerprint density at radius 1 is 1.25 bits per heavy atom. The summed E-state index contributed by atoms with van der Waals surface area (Å²) >= 11 is 0. The number of aliphatic hydroxyl groups excluding tert-OH is 1. The van der Waals surface area contributed by atoms with E-state index in [1.165, 1.54) is 0 Å². The normalized spacial score (nSPS) is 19.9. The number of hydrogen-bond acceptors (Lipinski definition) is 5. The lowest BCUT2D eigenvalue weighted by Crippen LogP contribution is -2.23. The Morgan fingerprint density at radius 2 is 2.15 bits per heavy atom. The lowest BCUT2D eigenvalue weighted by molar-refractivity contribution is 0.174. The smallest absolute Gasteiger partial charge is 0.231 e. The molecule has 1 aromatic carbocycles. The van der Waals surface area contributed by atoms with E-state index in [1.54, 1.807) is 0 Å². The fourth-order valence-corrected chi connectivity index (χ4v) is 2.79. The largest absolute Gasteiger partial charge is 0.454 e. The Labute approximate surface area is 116 Å². The van der Waals surface area contributed by atoms with Gasteiger partial charge in [-0.15, -0.1) is 10.2 Å². The molecule has 2 aliphatic heterocycles. The third kappa shape index (κ3) is 1.76. The third-order valence-corrected chi connectivity index (χ3v) is 3.93. The molecular weight excluding hydrogens is 258 g/mol. The molecule has 6 heteroatoms. The first-order valence-electron chi connectivity index (χ1n) is 6.78. The van der Waals surface area contributed by atoms with Crippen LogP contribution in [0.2, 0.25) is 0 Å². The van der Waals surface area contributed by atoms with Crippen LogP contribution in [-0.4, -0.2) is 33.3 Å². The Balaban J connectivity index is 1.74. The van der Waals surface area contributed by atoms with E-state index in [9.17, 15) is 5.11 Å². The molecule has 4 rings (SSSR count). The fraction of sp³-hybridized carbons (Fsp3) is 0.429. The summed E-state index contributed by atoms with van der Waals surface area (Å²) in [4.78, 5) is 0. The Hall–Kier alpha value is -2.08. The molecule has 1 atom stereocenters. The van der Waals surface area contributed by atoms with Crippen molar-refractivity contribution in [3.8, 4) is 22.9 Å². The van der Waals surface area contributed by atoms with Crippen molar-refractivity contribution in [3.05, 3.63) is 24.0 Å². The average molecular weight is 273 g/mol. The molecule has 2 aliphatic rings. The molecule has 1 N–H and O–H groups in total. The fourth-order valence-electron chi connectivity index (χ4n) is 2.79. The third-order valence-electron chi connectivity index (χ3n) is 3.93. The van der Waals surface area contributed by atoms with Crippen LogP contribution in [0.15, 0.2) is 18.2 Å². The van der Waals surface area contributed by atoms with Crippen molar-refractivity contribution in [2.24, 2.45) is 5.92 Å². The van der Waals surface area contributed by atoms with Gasteiger partial charge in [0.25, 0.3) is 0 Å². The highest BCUT2D eigenvalue weighted by Crippen LogP contribution is 2.36. The van der Waals surface area contributed by atoms with E-state index in [0.29, 0.717) is 0 Å². The number of hydrogen-bond donors (Lipinski definition) is 1. The van der Waals surface area contributed by atoms with Gasteiger partial charge in [-0.3, -0.25) is 0 Å². The molecule has 0 radical (unpaired) electrons. The van der Waals surface area contributed by atoms with E-state index in [2.05, 4.69) is 14.8 Å². The van der Waals surface area contributed by atoms with Crippen molar-refractivity contribution in [2.75, 3.05) is 13.4 Å². The molecule has 0 fully saturated rings. The monoisotopic (exact) mass is 273 g/mol. The van der Waals surface area contributed by atoms with Crippen molar-refractivity contribution in [1.29, 1.82) is 0 Å². The van der Waals surface area contributed by atoms with Gasteiger partial charge in [-0.1, -0.05) is 0 Å². The molecule has 0 bridgehead atoms. The van der Waals surface area contributed by atoms with Crippen LogP contribution in [0, 0.1) is 5.92 Å². The number of rotatable bonds is 2. The number of aromatic nitrogens is 3. The molecule has 0 saturated carbocycles. The van der Waals surface area contributed by atoms with Gasteiger partial charge in [-0.05, 0) is 24.6 Å². The van der Waals surface area contributed by atoms with Gasteiger partial charge in [0.05, 0.1) is 0 Å². The van der Waals surface area contributed by atoms with Gasteiger partial charge in [-0.25, -0.2) is 0 Å². The van der Waals surface area contributed by atoms with Crippen LogP contribution in [-0.2, 0) is 13.0 Å². The van der Waals surface area contributed by atoms with E-state index in [4.69, 9.17) is 9.47 Å². The zero-order valence-electron chi connectivity index (χ0n) is 11.0. The van der Waals surface area contributed by atoms with Crippen LogP contribution in [0.25, 0.3) is 11.4 Å². The molecule has 0 spiro atoms. The molecular formula is C14H15N3O3. The second-order valence-corrected chi connectivity index (χ2v) is 5.21. The van der Waals surface area contributed by atoms with Gasteiger partial charge in [-0.2, -0.15) is 0 Å². The number of benzene rings is 1. The van der Waals surface area contributed by atoms with Gasteiger partial charge in [0.2, 0.25) is 6.79 Å². The first kappa shape index (κ1) is 11.7. The Morgan fingerprint density at radius 3 is 3.05 bits per heavy atom. The van der Waals surface area contributed by atoms with Crippen LogP contribution < -0.4 is 9.47 Å². The molecule has 3 heterocycles. The zero-order valence-corrected chi connectivity index (χ0v) is 11.0. The molecule has 1 unspecified atom stereocenters. The first-order valence-corrected chi connectivity index (χ1v) is 6.78. The van der Waals surface area contributed by atoms with Gasteiger partial charge >= 0.3 is 0 Å². The minimum Gasteiger partial charge on any atom is -0.454 e. The van der Waals surface area contributed by atoms with E-state index in [1.807, 2.05) is 18.2 Å². The summed E-state index contributed by atoms with van der Waals surface area (Å²) in [6.07, 6.45) is 1.83. The minimum absolute atomic E-state index is 0.207. The SMILES string of the molecule is OCC1CCc2nnc(-c3ccc4c(c3)OCO4)n2C1. The predicted octanol–water partition coefficient (Wildman–Crippen LogP) is 1.23. The second kappa shape index (κ2) is 4.49. The van der Waals surface area contributed by atoms with Crippen molar-refractivity contribution < 1.29 is 14.6 Å². The van der Waals surface area contributed by atoms with E-state index in [-0.39, 0.29) is 19.3 Å². The van der Waals surface area contributed by atoms with Crippen molar-refractivity contribution >= 4 is 0 Å². The standard InChI is InChI=1S/C14H15N3O3/c18-7-9-1-4-13-15-16-14(17(13)6-9)10-2-3-11-12(5-10)20-8-19-11/h2-3,5,9,18H,1,4,6-8H2. The molecule has 0 aliphatic carbocycles. The van der Waals surface area contributed by atoms with Gasteiger partial charge in [0.1, 0.15) is 5.82 Å². The summed E-state index contributed by atoms with van der Waals surface area (Å²) in [5, 5.41) is 17.9. The number of aliphatic hydroxyl groups is 1. The maximum absolute atomic E-state index is 9.35. The summed E-state index contributed by atoms with van der Waals surface area (Å²) in [6.45, 7) is 1.24. The van der Waals surface area contributed by atoms with Crippen molar-refractivity contribution in [2.45, 2.75) is 19.4 Å². The predicted molar refractivity (Wildman–Crippen MR) is 70.5 cm³/mol. The minimum atomic E-state index is 0.207. The molecule has 104 valence electrons. The molecule has 0 saturated heterocycles. The van der Waals surface area contributed by atoms with Gasteiger partial charge < -0.3 is 19.1 Å². The van der Waals surface area contributed by atoms with Crippen LogP contribution in [0.4, 0.5) is 0 Å². The van der Waals surface area contributed by atoms with Crippen LogP contribution >= 0.6 is 0 Å². The van der Waals surface area contributed by atoms with Gasteiger partial charge in [0, 0.05) is 31.1 Å². The number of ether oxygens (including phenoxy) is 2. The Kier molecular flexibility index (Phi) is 2.63. The number of aryl methyl sites for hydroxylation is 1. The quantitative estimate of drug-likeness (QED) is 0.891. The highest BCUT2D eigenvalue weighted by molar-refractivity contribution is 5.62. The number of fused-ring (bicyclic) bond motifs is 2. The second-order valence-electron chi connectivity index (χ2n) is 5.21. The van der Waals surface area contributed by atoms with Crippen molar-refractivity contribution in [1.82, 2.24) is 14.8 Å². The lowest BCUT2D eigenvalue weighted by Gasteiger charge is -2.22. The summed E-state index contributed by atoms with van der Waals surface area (Å²) in [5.74, 6) is 3.61. The summed E-state index contributed by atoms with van der Waals surface area (Å²) in [6, 6.07) is 5.79. The van der Waals surface area contributed by atoms with Crippen molar-refractivity contribution in [3.63, 3.8) is 0 Å². The summed E-state index contributed by atoms with van der Waals surface area (Å²) < 4.78 is 12.8.